The standard InChI is InChI=1S/C19H21ClN2O5/c20-14-9-13(10-15-17(14)26-8-4-7-25-15)18(24)27-11-16(23)22-19(12-21)5-2-1-3-6-19/h9-10H,1-8,11H2,(H,22,23). The van der Waals surface area contributed by atoms with Gasteiger partial charge >= 0.3 is 5.97 Å². The highest BCUT2D eigenvalue weighted by molar-refractivity contribution is 6.32. The van der Waals surface area contributed by atoms with Crippen LogP contribution >= 0.6 is 11.6 Å². The number of nitrogens with zero attached hydrogens (tertiary/aromatic N) is 1. The van der Waals surface area contributed by atoms with Crippen LogP contribution < -0.4 is 14.8 Å². The second kappa shape index (κ2) is 8.49. The van der Waals surface area contributed by atoms with Crippen LogP contribution in [0.3, 0.4) is 0 Å². The summed E-state index contributed by atoms with van der Waals surface area (Å²) in [4.78, 5) is 24.4. The Kier molecular flexibility index (Phi) is 6.07. The largest absolute Gasteiger partial charge is 0.489 e. The average molecular weight is 393 g/mol. The zero-order valence-electron chi connectivity index (χ0n) is 14.9. The van der Waals surface area contributed by atoms with Crippen molar-refractivity contribution in [3.8, 4) is 17.6 Å². The lowest BCUT2D eigenvalue weighted by Crippen LogP contribution is -2.50. The maximum Gasteiger partial charge on any atom is 0.338 e. The summed E-state index contributed by atoms with van der Waals surface area (Å²) >= 11 is 6.16. The van der Waals surface area contributed by atoms with E-state index < -0.39 is 24.0 Å². The minimum absolute atomic E-state index is 0.171. The maximum absolute atomic E-state index is 12.3. The molecule has 0 unspecified atom stereocenters. The predicted octanol–water partition coefficient (Wildman–Crippen LogP) is 3.00. The van der Waals surface area contributed by atoms with Crippen molar-refractivity contribution in [1.82, 2.24) is 5.32 Å². The quantitative estimate of drug-likeness (QED) is 0.791. The topological polar surface area (TPSA) is 97.7 Å². The number of carbonyl (C=O) groups excluding carboxylic acids is 2. The lowest BCUT2D eigenvalue weighted by atomic mass is 9.83. The second-order valence-corrected chi connectivity index (χ2v) is 7.12. The van der Waals surface area contributed by atoms with Crippen molar-refractivity contribution in [2.45, 2.75) is 44.1 Å². The van der Waals surface area contributed by atoms with Gasteiger partial charge in [0.25, 0.3) is 5.91 Å². The molecule has 144 valence electrons. The molecule has 1 amide bonds. The van der Waals surface area contributed by atoms with E-state index in [9.17, 15) is 14.9 Å². The van der Waals surface area contributed by atoms with Crippen molar-refractivity contribution >= 4 is 23.5 Å². The van der Waals surface area contributed by atoms with Crippen LogP contribution in [0.4, 0.5) is 0 Å². The minimum atomic E-state index is -0.861. The Bertz CT molecular complexity index is 768. The predicted molar refractivity (Wildman–Crippen MR) is 96.9 cm³/mol. The van der Waals surface area contributed by atoms with Crippen molar-refractivity contribution < 1.29 is 23.8 Å². The first-order chi connectivity index (χ1) is 13.0. The van der Waals surface area contributed by atoms with Gasteiger partial charge in [-0.1, -0.05) is 30.9 Å². The molecule has 1 aromatic carbocycles. The van der Waals surface area contributed by atoms with E-state index in [0.717, 1.165) is 19.3 Å². The molecule has 1 aliphatic carbocycles. The van der Waals surface area contributed by atoms with E-state index in [2.05, 4.69) is 11.4 Å². The summed E-state index contributed by atoms with van der Waals surface area (Å²) in [5.41, 5.74) is -0.690. The number of ether oxygens (including phenoxy) is 3. The Balaban J connectivity index is 1.61. The Morgan fingerprint density at radius 3 is 2.67 bits per heavy atom. The van der Waals surface area contributed by atoms with Gasteiger partial charge in [-0.3, -0.25) is 4.79 Å². The van der Waals surface area contributed by atoms with Gasteiger partial charge in [-0.25, -0.2) is 4.79 Å². The summed E-state index contributed by atoms with van der Waals surface area (Å²) in [5.74, 6) is -0.414. The van der Waals surface area contributed by atoms with Crippen LogP contribution in [0.2, 0.25) is 5.02 Å². The number of nitriles is 1. The molecule has 2 aliphatic rings. The molecular formula is C19H21ClN2O5. The van der Waals surface area contributed by atoms with Crippen LogP contribution in [0.25, 0.3) is 0 Å². The van der Waals surface area contributed by atoms with Crippen molar-refractivity contribution in [2.75, 3.05) is 19.8 Å². The SMILES string of the molecule is N#CC1(NC(=O)COC(=O)c2cc(Cl)c3c(c2)OCCCO3)CCCCC1. The van der Waals surface area contributed by atoms with Gasteiger partial charge in [0.15, 0.2) is 18.1 Å². The molecule has 0 atom stereocenters. The number of amides is 1. The first-order valence-corrected chi connectivity index (χ1v) is 9.39. The molecule has 1 saturated carbocycles. The number of halogens is 1. The van der Waals surface area contributed by atoms with Gasteiger partial charge in [0.1, 0.15) is 5.54 Å². The molecule has 1 fully saturated rings. The van der Waals surface area contributed by atoms with E-state index in [1.165, 1.54) is 12.1 Å². The van der Waals surface area contributed by atoms with E-state index in [-0.39, 0.29) is 10.6 Å². The van der Waals surface area contributed by atoms with Gasteiger partial charge in [-0.15, -0.1) is 0 Å². The van der Waals surface area contributed by atoms with Crippen molar-refractivity contribution in [3.05, 3.63) is 22.7 Å². The number of benzene rings is 1. The lowest BCUT2D eigenvalue weighted by Gasteiger charge is -2.31. The summed E-state index contributed by atoms with van der Waals surface area (Å²) < 4.78 is 16.1. The molecule has 0 saturated heterocycles. The Labute approximate surface area is 162 Å². The maximum atomic E-state index is 12.3. The van der Waals surface area contributed by atoms with Gasteiger partial charge in [0.05, 0.1) is 29.9 Å². The zero-order valence-corrected chi connectivity index (χ0v) is 15.6. The third kappa shape index (κ3) is 4.64. The van der Waals surface area contributed by atoms with Crippen molar-refractivity contribution in [2.24, 2.45) is 0 Å². The average Bonchev–Trinajstić information content (AvgIpc) is 2.92. The van der Waals surface area contributed by atoms with Crippen LogP contribution in [-0.2, 0) is 9.53 Å². The van der Waals surface area contributed by atoms with E-state index in [0.29, 0.717) is 44.0 Å². The fraction of sp³-hybridized carbons (Fsp3) is 0.526. The highest BCUT2D eigenvalue weighted by Gasteiger charge is 2.33. The molecule has 7 nitrogen and oxygen atoms in total. The van der Waals surface area contributed by atoms with Crippen LogP contribution in [0.5, 0.6) is 11.5 Å². The number of esters is 1. The number of carbonyl (C=O) groups is 2. The number of rotatable bonds is 4. The first-order valence-electron chi connectivity index (χ1n) is 9.01. The summed E-state index contributed by atoms with van der Waals surface area (Å²) in [7, 11) is 0. The summed E-state index contributed by atoms with van der Waals surface area (Å²) in [6, 6.07) is 5.11. The van der Waals surface area contributed by atoms with Gasteiger partial charge in [0, 0.05) is 6.42 Å². The van der Waals surface area contributed by atoms with Gasteiger partial charge in [-0.2, -0.15) is 5.26 Å². The van der Waals surface area contributed by atoms with E-state index in [1.807, 2.05) is 0 Å². The van der Waals surface area contributed by atoms with E-state index in [4.69, 9.17) is 25.8 Å². The Morgan fingerprint density at radius 1 is 1.19 bits per heavy atom. The molecule has 1 N–H and O–H groups in total. The van der Waals surface area contributed by atoms with Gasteiger partial charge in [0.2, 0.25) is 0 Å². The molecule has 8 heteroatoms. The van der Waals surface area contributed by atoms with Crippen molar-refractivity contribution in [3.63, 3.8) is 0 Å². The smallest absolute Gasteiger partial charge is 0.338 e. The fourth-order valence-corrected chi connectivity index (χ4v) is 3.55. The molecule has 0 spiro atoms. The molecular weight excluding hydrogens is 372 g/mol. The fourth-order valence-electron chi connectivity index (χ4n) is 3.29. The Morgan fingerprint density at radius 2 is 1.93 bits per heavy atom. The second-order valence-electron chi connectivity index (χ2n) is 6.71. The minimum Gasteiger partial charge on any atom is -0.489 e. The van der Waals surface area contributed by atoms with Crippen LogP contribution in [0.1, 0.15) is 48.9 Å². The van der Waals surface area contributed by atoms with Crippen LogP contribution in [0, 0.1) is 11.3 Å². The third-order valence-electron chi connectivity index (χ3n) is 4.67. The molecule has 1 aliphatic heterocycles. The number of hydrogen-bond acceptors (Lipinski definition) is 6. The Hall–Kier alpha value is -2.46. The summed E-state index contributed by atoms with van der Waals surface area (Å²) in [6.45, 7) is 0.478. The third-order valence-corrected chi connectivity index (χ3v) is 4.95. The van der Waals surface area contributed by atoms with Crippen LogP contribution in [0.15, 0.2) is 12.1 Å². The zero-order chi connectivity index (χ0) is 19.3. The van der Waals surface area contributed by atoms with Gasteiger partial charge < -0.3 is 19.5 Å². The summed E-state index contributed by atoms with van der Waals surface area (Å²) in [5, 5.41) is 12.4. The first kappa shape index (κ1) is 19.3. The lowest BCUT2D eigenvalue weighted by molar-refractivity contribution is -0.125. The summed E-state index contributed by atoms with van der Waals surface area (Å²) in [6.07, 6.45) is 4.78. The number of nitrogens with one attached hydrogen (secondary N) is 1. The van der Waals surface area contributed by atoms with E-state index in [1.54, 1.807) is 0 Å². The normalized spacial score (nSPS) is 17.9. The highest BCUT2D eigenvalue weighted by Crippen LogP contribution is 2.38. The molecule has 1 heterocycles. The van der Waals surface area contributed by atoms with E-state index >= 15 is 0 Å². The molecule has 0 radical (unpaired) electrons. The highest BCUT2D eigenvalue weighted by atomic mass is 35.5. The molecule has 3 rings (SSSR count). The van der Waals surface area contributed by atoms with Gasteiger partial charge in [-0.05, 0) is 25.0 Å². The molecule has 0 aromatic heterocycles. The van der Waals surface area contributed by atoms with Crippen molar-refractivity contribution in [1.29, 1.82) is 5.26 Å². The monoisotopic (exact) mass is 392 g/mol. The molecule has 1 aromatic rings. The number of fused-ring (bicyclic) bond motifs is 1. The molecule has 0 bridgehead atoms. The molecule has 27 heavy (non-hydrogen) atoms. The van der Waals surface area contributed by atoms with Crippen LogP contribution in [-0.4, -0.2) is 37.2 Å². The number of hydrogen-bond donors (Lipinski definition) is 1.